The maximum absolute atomic E-state index is 4.07. The van der Waals surface area contributed by atoms with Crippen molar-refractivity contribution >= 4 is 0 Å². The highest BCUT2D eigenvalue weighted by molar-refractivity contribution is 5.22. The third kappa shape index (κ3) is 3.92. The van der Waals surface area contributed by atoms with E-state index in [1.54, 1.807) is 0 Å². The first-order chi connectivity index (χ1) is 10.4. The van der Waals surface area contributed by atoms with Crippen LogP contribution in [0.2, 0.25) is 0 Å². The summed E-state index contributed by atoms with van der Waals surface area (Å²) in [5, 5.41) is 3.80. The number of hydrogen-bond donors (Lipinski definition) is 1. The van der Waals surface area contributed by atoms with Crippen LogP contribution in [0.1, 0.15) is 42.7 Å². The molecule has 21 heavy (non-hydrogen) atoms. The van der Waals surface area contributed by atoms with Gasteiger partial charge in [0.25, 0.3) is 0 Å². The van der Waals surface area contributed by atoms with Gasteiger partial charge in [-0.15, -0.1) is 0 Å². The van der Waals surface area contributed by atoms with Crippen LogP contribution >= 0.6 is 0 Å². The molecule has 1 aromatic carbocycles. The number of nitrogens with one attached hydrogen (secondary N) is 1. The summed E-state index contributed by atoms with van der Waals surface area (Å²) in [5.74, 6) is 0.678. The topological polar surface area (TPSA) is 24.9 Å². The van der Waals surface area contributed by atoms with Crippen LogP contribution in [0.15, 0.2) is 54.9 Å². The fourth-order valence-electron chi connectivity index (χ4n) is 3.43. The molecule has 0 aliphatic heterocycles. The quantitative estimate of drug-likeness (QED) is 0.897. The molecule has 3 rings (SSSR count). The van der Waals surface area contributed by atoms with E-state index in [4.69, 9.17) is 0 Å². The Balaban J connectivity index is 1.57. The van der Waals surface area contributed by atoms with Gasteiger partial charge >= 0.3 is 0 Å². The minimum Gasteiger partial charge on any atom is -0.313 e. The standard InChI is InChI=1S/C19H24N2/c1-2-6-17(7-3-1)18-8-4-5-9-19(18)21-15-12-16-10-13-20-14-11-16/h1-3,6-7,10-11,13-14,18-19,21H,4-5,8-9,12,15H2. The zero-order valence-electron chi connectivity index (χ0n) is 12.5. The fourth-order valence-corrected chi connectivity index (χ4v) is 3.43. The maximum atomic E-state index is 4.07. The highest BCUT2D eigenvalue weighted by Crippen LogP contribution is 2.32. The molecule has 1 N–H and O–H groups in total. The van der Waals surface area contributed by atoms with Gasteiger partial charge in [0.1, 0.15) is 0 Å². The summed E-state index contributed by atoms with van der Waals surface area (Å²) in [6.45, 7) is 1.05. The molecular weight excluding hydrogens is 256 g/mol. The fraction of sp³-hybridized carbons (Fsp3) is 0.421. The van der Waals surface area contributed by atoms with Gasteiger partial charge in [-0.2, -0.15) is 0 Å². The molecule has 0 bridgehead atoms. The Kier molecular flexibility index (Phi) is 5.01. The van der Waals surface area contributed by atoms with E-state index in [2.05, 4.69) is 52.8 Å². The van der Waals surface area contributed by atoms with Gasteiger partial charge in [0.2, 0.25) is 0 Å². The molecule has 0 amide bonds. The molecule has 0 saturated heterocycles. The van der Waals surface area contributed by atoms with Gasteiger partial charge in [0.15, 0.2) is 0 Å². The highest BCUT2D eigenvalue weighted by Gasteiger charge is 2.25. The summed E-state index contributed by atoms with van der Waals surface area (Å²) in [5.41, 5.74) is 2.86. The molecular formula is C19H24N2. The number of pyridine rings is 1. The molecule has 1 heterocycles. The van der Waals surface area contributed by atoms with Gasteiger partial charge in [-0.25, -0.2) is 0 Å². The Bertz CT molecular complexity index is 524. The Morgan fingerprint density at radius 2 is 1.71 bits per heavy atom. The van der Waals surface area contributed by atoms with Crippen molar-refractivity contribution in [2.24, 2.45) is 0 Å². The summed E-state index contributed by atoms with van der Waals surface area (Å²) < 4.78 is 0. The van der Waals surface area contributed by atoms with E-state index in [9.17, 15) is 0 Å². The summed E-state index contributed by atoms with van der Waals surface area (Å²) in [6.07, 6.45) is 10.2. The van der Waals surface area contributed by atoms with Crippen LogP contribution in [0.4, 0.5) is 0 Å². The van der Waals surface area contributed by atoms with E-state index >= 15 is 0 Å². The molecule has 1 aliphatic carbocycles. The summed E-state index contributed by atoms with van der Waals surface area (Å²) in [4.78, 5) is 4.07. The normalized spacial score (nSPS) is 22.1. The van der Waals surface area contributed by atoms with Gasteiger partial charge in [0, 0.05) is 18.4 Å². The number of aromatic nitrogens is 1. The molecule has 1 saturated carbocycles. The largest absolute Gasteiger partial charge is 0.313 e. The van der Waals surface area contributed by atoms with Gasteiger partial charge in [-0.3, -0.25) is 4.98 Å². The number of nitrogens with zero attached hydrogens (tertiary/aromatic N) is 1. The molecule has 1 aromatic heterocycles. The van der Waals surface area contributed by atoms with Gasteiger partial charge in [-0.1, -0.05) is 43.2 Å². The van der Waals surface area contributed by atoms with E-state index in [1.807, 2.05) is 12.4 Å². The minimum absolute atomic E-state index is 0.628. The lowest BCUT2D eigenvalue weighted by molar-refractivity contribution is 0.329. The molecule has 0 radical (unpaired) electrons. The third-order valence-corrected chi connectivity index (χ3v) is 4.56. The second kappa shape index (κ2) is 7.37. The molecule has 1 fully saturated rings. The summed E-state index contributed by atoms with van der Waals surface area (Å²) >= 11 is 0. The number of benzene rings is 1. The molecule has 2 aromatic rings. The monoisotopic (exact) mass is 280 g/mol. The van der Waals surface area contributed by atoms with Crippen LogP contribution < -0.4 is 5.32 Å². The molecule has 1 aliphatic rings. The predicted molar refractivity (Wildman–Crippen MR) is 87.4 cm³/mol. The SMILES string of the molecule is c1ccc(C2CCCCC2NCCc2ccncc2)cc1. The van der Waals surface area contributed by atoms with E-state index in [0.29, 0.717) is 12.0 Å². The van der Waals surface area contributed by atoms with Crippen molar-refractivity contribution in [1.29, 1.82) is 0 Å². The Hall–Kier alpha value is -1.67. The smallest absolute Gasteiger partial charge is 0.0270 e. The van der Waals surface area contributed by atoms with Crippen LogP contribution in [0.25, 0.3) is 0 Å². The Morgan fingerprint density at radius 3 is 2.52 bits per heavy atom. The highest BCUT2D eigenvalue weighted by atomic mass is 14.9. The number of rotatable bonds is 5. The average Bonchev–Trinajstić information content (AvgIpc) is 2.57. The number of hydrogen-bond acceptors (Lipinski definition) is 2. The van der Waals surface area contributed by atoms with Gasteiger partial charge in [-0.05, 0) is 55.0 Å². The second-order valence-corrected chi connectivity index (χ2v) is 5.97. The zero-order valence-corrected chi connectivity index (χ0v) is 12.5. The first-order valence-electron chi connectivity index (χ1n) is 8.11. The van der Waals surface area contributed by atoms with Crippen LogP contribution in [-0.4, -0.2) is 17.6 Å². The summed E-state index contributed by atoms with van der Waals surface area (Å²) in [6, 6.07) is 15.9. The van der Waals surface area contributed by atoms with Crippen molar-refractivity contribution < 1.29 is 0 Å². The van der Waals surface area contributed by atoms with Crippen molar-refractivity contribution in [3.63, 3.8) is 0 Å². The average molecular weight is 280 g/mol. The summed E-state index contributed by atoms with van der Waals surface area (Å²) in [7, 11) is 0. The maximum Gasteiger partial charge on any atom is 0.0270 e. The third-order valence-electron chi connectivity index (χ3n) is 4.56. The predicted octanol–water partition coefficient (Wildman–Crippen LogP) is 3.94. The minimum atomic E-state index is 0.628. The molecule has 2 atom stereocenters. The van der Waals surface area contributed by atoms with Crippen molar-refractivity contribution in [2.75, 3.05) is 6.54 Å². The van der Waals surface area contributed by atoms with Crippen molar-refractivity contribution in [3.05, 3.63) is 66.0 Å². The molecule has 2 nitrogen and oxygen atoms in total. The lowest BCUT2D eigenvalue weighted by Crippen LogP contribution is -2.38. The molecule has 0 spiro atoms. The van der Waals surface area contributed by atoms with Crippen molar-refractivity contribution in [2.45, 2.75) is 44.1 Å². The molecule has 110 valence electrons. The zero-order chi connectivity index (χ0) is 14.3. The van der Waals surface area contributed by atoms with Gasteiger partial charge in [0.05, 0.1) is 0 Å². The van der Waals surface area contributed by atoms with Crippen molar-refractivity contribution in [1.82, 2.24) is 10.3 Å². The first-order valence-corrected chi connectivity index (χ1v) is 8.11. The van der Waals surface area contributed by atoms with E-state index < -0.39 is 0 Å². The Labute approximate surface area is 127 Å². The van der Waals surface area contributed by atoms with Crippen molar-refractivity contribution in [3.8, 4) is 0 Å². The molecule has 2 unspecified atom stereocenters. The first kappa shape index (κ1) is 14.3. The lowest BCUT2D eigenvalue weighted by Gasteiger charge is -2.33. The van der Waals surface area contributed by atoms with Crippen LogP contribution in [0, 0.1) is 0 Å². The van der Waals surface area contributed by atoms with Crippen LogP contribution in [-0.2, 0) is 6.42 Å². The van der Waals surface area contributed by atoms with E-state index in [0.717, 1.165) is 13.0 Å². The van der Waals surface area contributed by atoms with Gasteiger partial charge < -0.3 is 5.32 Å². The van der Waals surface area contributed by atoms with Crippen LogP contribution in [0.5, 0.6) is 0 Å². The lowest BCUT2D eigenvalue weighted by atomic mass is 9.80. The van der Waals surface area contributed by atoms with E-state index in [-0.39, 0.29) is 0 Å². The second-order valence-electron chi connectivity index (χ2n) is 5.97. The Morgan fingerprint density at radius 1 is 0.952 bits per heavy atom. The molecule has 2 heteroatoms. The van der Waals surface area contributed by atoms with Crippen LogP contribution in [0.3, 0.4) is 0 Å². The van der Waals surface area contributed by atoms with E-state index in [1.165, 1.54) is 36.8 Å².